The highest BCUT2D eigenvalue weighted by Gasteiger charge is 2.66. The average Bonchev–Trinajstić information content (AvgIpc) is 3.18. The number of rotatable bonds is 6. The van der Waals surface area contributed by atoms with Crippen LogP contribution in [0, 0.1) is 46.3 Å². The molecular weight excluding hydrogens is 478 g/mol. The van der Waals surface area contributed by atoms with Crippen molar-refractivity contribution in [2.24, 2.45) is 46.3 Å². The van der Waals surface area contributed by atoms with Crippen LogP contribution < -0.4 is 0 Å². The van der Waals surface area contributed by atoms with Crippen molar-refractivity contribution in [1.29, 1.82) is 0 Å². The molecule has 5 rings (SSSR count). The summed E-state index contributed by atoms with van der Waals surface area (Å²) in [6, 6.07) is 6.02. The highest BCUT2D eigenvalue weighted by molar-refractivity contribution is 8.00. The van der Waals surface area contributed by atoms with Crippen molar-refractivity contribution in [3.63, 3.8) is 0 Å². The van der Waals surface area contributed by atoms with Crippen molar-refractivity contribution >= 4 is 25.3 Å². The van der Waals surface area contributed by atoms with Gasteiger partial charge in [0.1, 0.15) is 0 Å². The predicted molar refractivity (Wildman–Crippen MR) is 157 cm³/mol. The summed E-state index contributed by atoms with van der Waals surface area (Å²) in [5, 5.41) is 11.3. The topological polar surface area (TPSA) is 33.1 Å². The van der Waals surface area contributed by atoms with Crippen LogP contribution in [0.2, 0.25) is 0 Å². The zero-order chi connectivity index (χ0) is 25.9. The van der Waals surface area contributed by atoms with Gasteiger partial charge in [0.15, 0.2) is 0 Å². The summed E-state index contributed by atoms with van der Waals surface area (Å²) in [6.45, 7) is 12.4. The third-order valence-electron chi connectivity index (χ3n) is 11.7. The number of thiol groups is 2. The minimum absolute atomic E-state index is 0.147. The summed E-state index contributed by atoms with van der Waals surface area (Å²) < 4.78 is -0.649. The van der Waals surface area contributed by atoms with Gasteiger partial charge in [-0.1, -0.05) is 71.6 Å². The molecule has 1 unspecified atom stereocenters. The van der Waals surface area contributed by atoms with Gasteiger partial charge in [-0.25, -0.2) is 0 Å². The van der Waals surface area contributed by atoms with E-state index in [4.69, 9.17) is 25.3 Å². The van der Waals surface area contributed by atoms with E-state index < -0.39 is 10.2 Å². The van der Waals surface area contributed by atoms with Gasteiger partial charge in [0.2, 0.25) is 0 Å². The second-order valence-electron chi connectivity index (χ2n) is 13.8. The fourth-order valence-corrected chi connectivity index (χ4v) is 11.0. The SMILES string of the molecule is CC(C)CCC[C@@H](C)[C@H]1CC[C@H]2[C@@H]3CC=C4C[C@H](O)C(c5ccccn5)C(S)(S)[C@]4(C)[C@H]3CC[C@]12C. The van der Waals surface area contributed by atoms with Gasteiger partial charge in [-0.3, -0.25) is 4.98 Å². The van der Waals surface area contributed by atoms with Gasteiger partial charge in [0, 0.05) is 17.3 Å². The number of fused-ring (bicyclic) bond motifs is 5. The Morgan fingerprint density at radius 3 is 2.53 bits per heavy atom. The molecule has 1 aromatic heterocycles. The van der Waals surface area contributed by atoms with Gasteiger partial charge in [0.05, 0.1) is 16.1 Å². The molecule has 2 nitrogen and oxygen atoms in total. The monoisotopic (exact) mass is 527 g/mol. The van der Waals surface area contributed by atoms with E-state index >= 15 is 0 Å². The summed E-state index contributed by atoms with van der Waals surface area (Å²) >= 11 is 10.7. The predicted octanol–water partition coefficient (Wildman–Crippen LogP) is 8.34. The second kappa shape index (κ2) is 9.94. The first-order valence-corrected chi connectivity index (χ1v) is 15.6. The molecule has 1 heterocycles. The Kier molecular flexibility index (Phi) is 7.49. The molecule has 3 fully saturated rings. The maximum atomic E-state index is 11.3. The highest BCUT2D eigenvalue weighted by Crippen LogP contribution is 2.71. The standard InChI is InChI=1S/C32H49NOS2/c1-20(2)9-8-10-21(3)24-14-15-25-23-13-12-22-19-28(34)29(27-11-6-7-18-33-27)32(35,36)31(22,5)26(23)16-17-30(24,25)4/h6-7,11-12,18,20-21,23-26,28-29,34-36H,8-10,13-17,19H2,1-5H3/t21-,23+,24-,25+,26+,28+,29?,30-,31+/m1/s1. The van der Waals surface area contributed by atoms with Gasteiger partial charge in [0.25, 0.3) is 0 Å². The maximum absolute atomic E-state index is 11.3. The quantitative estimate of drug-likeness (QED) is 0.197. The molecule has 1 N–H and O–H groups in total. The molecule has 0 spiro atoms. The van der Waals surface area contributed by atoms with E-state index in [-0.39, 0.29) is 11.3 Å². The summed E-state index contributed by atoms with van der Waals surface area (Å²) in [4.78, 5) is 4.67. The van der Waals surface area contributed by atoms with E-state index in [2.05, 4.69) is 45.7 Å². The Morgan fingerprint density at radius 2 is 1.83 bits per heavy atom. The van der Waals surface area contributed by atoms with E-state index in [1.807, 2.05) is 24.4 Å². The smallest absolute Gasteiger partial charge is 0.0753 e. The lowest BCUT2D eigenvalue weighted by atomic mass is 9.45. The van der Waals surface area contributed by atoms with E-state index in [9.17, 15) is 5.11 Å². The molecule has 4 aliphatic rings. The van der Waals surface area contributed by atoms with Gasteiger partial charge in [-0.2, -0.15) is 25.3 Å². The summed E-state index contributed by atoms with van der Waals surface area (Å²) in [5.74, 6) is 4.38. The zero-order valence-corrected chi connectivity index (χ0v) is 24.9. The summed E-state index contributed by atoms with van der Waals surface area (Å²) in [6.07, 6.45) is 15.2. The van der Waals surface area contributed by atoms with Crippen LogP contribution in [-0.2, 0) is 0 Å². The molecule has 0 saturated heterocycles. The minimum atomic E-state index is -0.649. The fourth-order valence-electron chi connectivity index (χ4n) is 9.79. The van der Waals surface area contributed by atoms with Crippen molar-refractivity contribution in [3.8, 4) is 0 Å². The molecule has 36 heavy (non-hydrogen) atoms. The highest BCUT2D eigenvalue weighted by atomic mass is 32.2. The van der Waals surface area contributed by atoms with Crippen LogP contribution in [0.25, 0.3) is 0 Å². The van der Waals surface area contributed by atoms with E-state index in [0.29, 0.717) is 17.3 Å². The van der Waals surface area contributed by atoms with Crippen LogP contribution in [0.1, 0.15) is 104 Å². The van der Waals surface area contributed by atoms with Crippen molar-refractivity contribution in [2.45, 2.75) is 109 Å². The first kappa shape index (κ1) is 27.1. The van der Waals surface area contributed by atoms with Crippen LogP contribution in [-0.4, -0.2) is 20.3 Å². The van der Waals surface area contributed by atoms with Gasteiger partial charge in [-0.05, 0) is 91.6 Å². The normalized spacial score (nSPS) is 42.3. The molecule has 9 atom stereocenters. The lowest BCUT2D eigenvalue weighted by Crippen LogP contribution is -2.60. The number of nitrogens with zero attached hydrogens (tertiary/aromatic N) is 1. The Labute approximate surface area is 231 Å². The average molecular weight is 528 g/mol. The molecule has 0 bridgehead atoms. The number of pyridine rings is 1. The molecule has 4 heteroatoms. The Balaban J connectivity index is 1.42. The van der Waals surface area contributed by atoms with E-state index in [1.54, 1.807) is 0 Å². The van der Waals surface area contributed by atoms with Crippen LogP contribution >= 0.6 is 25.3 Å². The molecular formula is C32H49NOS2. The van der Waals surface area contributed by atoms with E-state index in [1.165, 1.54) is 56.9 Å². The molecule has 1 aromatic rings. The largest absolute Gasteiger partial charge is 0.392 e. The third-order valence-corrected chi connectivity index (χ3v) is 13.2. The van der Waals surface area contributed by atoms with Gasteiger partial charge < -0.3 is 5.11 Å². The van der Waals surface area contributed by atoms with Crippen molar-refractivity contribution in [3.05, 3.63) is 41.7 Å². The minimum Gasteiger partial charge on any atom is -0.392 e. The zero-order valence-electron chi connectivity index (χ0n) is 23.2. The van der Waals surface area contributed by atoms with Crippen LogP contribution in [0.5, 0.6) is 0 Å². The number of aromatic nitrogens is 1. The van der Waals surface area contributed by atoms with Crippen LogP contribution in [0.4, 0.5) is 0 Å². The molecule has 0 aliphatic heterocycles. The molecule has 4 aliphatic carbocycles. The number of aliphatic hydroxyl groups is 1. The first-order chi connectivity index (χ1) is 17.0. The molecule has 0 aromatic carbocycles. The number of hydrogen-bond acceptors (Lipinski definition) is 4. The molecule has 0 radical (unpaired) electrons. The Hall–Kier alpha value is -0.450. The van der Waals surface area contributed by atoms with Crippen LogP contribution in [0.15, 0.2) is 36.0 Å². The fraction of sp³-hybridized carbons (Fsp3) is 0.781. The second-order valence-corrected chi connectivity index (χ2v) is 15.6. The summed E-state index contributed by atoms with van der Waals surface area (Å²) in [7, 11) is 0. The Morgan fingerprint density at radius 1 is 1.06 bits per heavy atom. The lowest BCUT2D eigenvalue weighted by molar-refractivity contribution is -0.0626. The van der Waals surface area contributed by atoms with Crippen molar-refractivity contribution in [1.82, 2.24) is 4.98 Å². The number of aliphatic hydroxyl groups excluding tert-OH is 1. The maximum Gasteiger partial charge on any atom is 0.0753 e. The van der Waals surface area contributed by atoms with Crippen LogP contribution in [0.3, 0.4) is 0 Å². The first-order valence-electron chi connectivity index (χ1n) is 14.7. The number of allylic oxidation sites excluding steroid dienone is 1. The van der Waals surface area contributed by atoms with Crippen molar-refractivity contribution < 1.29 is 5.11 Å². The van der Waals surface area contributed by atoms with Gasteiger partial charge in [-0.15, -0.1) is 0 Å². The lowest BCUT2D eigenvalue weighted by Gasteiger charge is -2.64. The van der Waals surface area contributed by atoms with Gasteiger partial charge >= 0.3 is 0 Å². The van der Waals surface area contributed by atoms with Crippen molar-refractivity contribution in [2.75, 3.05) is 0 Å². The summed E-state index contributed by atoms with van der Waals surface area (Å²) in [5.41, 5.74) is 2.64. The molecule has 200 valence electrons. The third kappa shape index (κ3) is 4.15. The van der Waals surface area contributed by atoms with E-state index in [0.717, 1.165) is 35.8 Å². The number of hydrogen-bond donors (Lipinski definition) is 3. The Bertz CT molecular complexity index is 960. The molecule has 0 amide bonds. The molecule has 3 saturated carbocycles.